The van der Waals surface area contributed by atoms with Crippen molar-refractivity contribution < 1.29 is 58.2 Å². The van der Waals surface area contributed by atoms with Crippen LogP contribution in [0.15, 0.2) is 0 Å². The second-order valence-corrected chi connectivity index (χ2v) is 0. The maximum Gasteiger partial charge on any atom is 3.00 e. The quantitative estimate of drug-likeness (QED) is 0.483. The van der Waals surface area contributed by atoms with Gasteiger partial charge in [0.1, 0.15) is 0 Å². The van der Waals surface area contributed by atoms with Gasteiger partial charge in [0.2, 0.25) is 0 Å². The fraction of sp³-hybridized carbons (Fsp3) is 0. The summed E-state index contributed by atoms with van der Waals surface area (Å²) in [7, 11) is 0. The maximum atomic E-state index is 0. The van der Waals surface area contributed by atoms with Crippen LogP contribution in [0.1, 0.15) is 0 Å². The summed E-state index contributed by atoms with van der Waals surface area (Å²) in [5, 5.41) is 0. The Morgan fingerprint density at radius 2 is 1.00 bits per heavy atom. The largest absolute Gasteiger partial charge is 3.00 e. The molecule has 0 amide bonds. The van der Waals surface area contributed by atoms with Crippen molar-refractivity contribution >= 4 is 9.90 Å². The molecule has 5 heavy (non-hydrogen) atoms. The molecule has 0 aromatic carbocycles. The van der Waals surface area contributed by atoms with Crippen LogP contribution < -0.4 is 0 Å². The third kappa shape index (κ3) is 27.2. The number of hydrogen-bond donors (Lipinski definition) is 0. The summed E-state index contributed by atoms with van der Waals surface area (Å²) < 4.78 is 0. The van der Waals surface area contributed by atoms with E-state index in [1.54, 1.807) is 0 Å². The SMILES string of the molecule is O.P.[Ce+3].[O-2].[OH-]. The summed E-state index contributed by atoms with van der Waals surface area (Å²) in [6, 6.07) is 0. The van der Waals surface area contributed by atoms with Crippen LogP contribution in [0, 0.1) is 41.7 Å². The molecule has 1 radical (unpaired) electrons. The zero-order valence-corrected chi connectivity index (χ0v) is 7.12. The van der Waals surface area contributed by atoms with Gasteiger partial charge in [0.05, 0.1) is 0 Å². The molecule has 3 N–H and O–H groups in total. The molecule has 0 rings (SSSR count). The van der Waals surface area contributed by atoms with E-state index < -0.39 is 0 Å². The van der Waals surface area contributed by atoms with Gasteiger partial charge in [0.15, 0.2) is 0 Å². The van der Waals surface area contributed by atoms with Crippen LogP contribution >= 0.6 is 9.90 Å². The fourth-order valence-corrected chi connectivity index (χ4v) is 0. The van der Waals surface area contributed by atoms with E-state index in [2.05, 4.69) is 0 Å². The standard InChI is InChI=1S/Ce.2H2O.O.H3P/h;2*1H2;;1H3/q+3;;;-2;/p-1. The van der Waals surface area contributed by atoms with E-state index in [1.807, 2.05) is 0 Å². The van der Waals surface area contributed by atoms with E-state index >= 15 is 0 Å². The van der Waals surface area contributed by atoms with Crippen molar-refractivity contribution in [2.45, 2.75) is 0 Å². The van der Waals surface area contributed by atoms with Crippen LogP contribution in [0.3, 0.4) is 0 Å². The molecule has 0 saturated carbocycles. The molecule has 0 aromatic rings. The first-order chi connectivity index (χ1) is 0. The van der Waals surface area contributed by atoms with Gasteiger partial charge in [-0.3, -0.25) is 0 Å². The Bertz CT molecular complexity index is 6.85. The molecule has 1 unspecified atom stereocenters. The van der Waals surface area contributed by atoms with E-state index in [9.17, 15) is 0 Å². The second-order valence-electron chi connectivity index (χ2n) is 0. The number of rotatable bonds is 0. The predicted molar refractivity (Wildman–Crippen MR) is 17.3 cm³/mol. The Morgan fingerprint density at radius 3 is 1.00 bits per heavy atom. The van der Waals surface area contributed by atoms with Crippen LogP contribution in [0.4, 0.5) is 0 Å². The van der Waals surface area contributed by atoms with Gasteiger partial charge in [0.25, 0.3) is 0 Å². The topological polar surface area (TPSA) is 90.0 Å². The van der Waals surface area contributed by atoms with Crippen molar-refractivity contribution in [1.82, 2.24) is 0 Å². The predicted octanol–water partition coefficient (Wildman–Crippen LogP) is -1.06. The van der Waals surface area contributed by atoms with Gasteiger partial charge in [-0.05, 0) is 0 Å². The molecule has 0 bridgehead atoms. The van der Waals surface area contributed by atoms with E-state index in [-0.39, 0.29) is 68.1 Å². The monoisotopic (exact) mass is 225 g/mol. The van der Waals surface area contributed by atoms with Gasteiger partial charge in [-0.25, -0.2) is 0 Å². The summed E-state index contributed by atoms with van der Waals surface area (Å²) in [6.07, 6.45) is 0. The van der Waals surface area contributed by atoms with E-state index in [4.69, 9.17) is 0 Å². The molecule has 0 fully saturated rings. The third-order valence-corrected chi connectivity index (χ3v) is 0. The molecule has 3 nitrogen and oxygen atoms in total. The summed E-state index contributed by atoms with van der Waals surface area (Å²) in [5.74, 6) is 0. The fourth-order valence-electron chi connectivity index (χ4n) is 0. The minimum atomic E-state index is 0. The minimum absolute atomic E-state index is 0. The molecule has 0 aliphatic carbocycles. The normalized spacial score (nSPS) is 0. The maximum absolute atomic E-state index is 0. The molecule has 0 saturated heterocycles. The van der Waals surface area contributed by atoms with Crippen molar-refractivity contribution in [1.29, 1.82) is 0 Å². The van der Waals surface area contributed by atoms with Gasteiger partial charge in [-0.15, -0.1) is 0 Å². The second kappa shape index (κ2) is 43.9. The number of hydrogen-bond acceptors (Lipinski definition) is 1. The summed E-state index contributed by atoms with van der Waals surface area (Å²) >= 11 is 0. The third-order valence-electron chi connectivity index (χ3n) is 0. The Labute approximate surface area is 67.4 Å². The summed E-state index contributed by atoms with van der Waals surface area (Å²) in [6.45, 7) is 0. The molecule has 0 heterocycles. The zero-order chi connectivity index (χ0) is 0. The van der Waals surface area contributed by atoms with Crippen LogP contribution in [-0.4, -0.2) is 11.0 Å². The van der Waals surface area contributed by atoms with Crippen molar-refractivity contribution in [3.05, 3.63) is 0 Å². The average molecular weight is 225 g/mol. The van der Waals surface area contributed by atoms with E-state index in [0.717, 1.165) is 0 Å². The van der Waals surface area contributed by atoms with Gasteiger partial charge < -0.3 is 16.4 Å². The van der Waals surface area contributed by atoms with Crippen LogP contribution in [0.2, 0.25) is 0 Å². The van der Waals surface area contributed by atoms with Crippen LogP contribution in [-0.2, 0) is 5.48 Å². The van der Waals surface area contributed by atoms with Crippen molar-refractivity contribution in [2.24, 2.45) is 0 Å². The van der Waals surface area contributed by atoms with E-state index in [0.29, 0.717) is 0 Å². The van der Waals surface area contributed by atoms with Crippen LogP contribution in [0.25, 0.3) is 0 Å². The van der Waals surface area contributed by atoms with Crippen molar-refractivity contribution in [3.63, 3.8) is 0 Å². The van der Waals surface area contributed by atoms with Gasteiger partial charge in [-0.2, -0.15) is 9.90 Å². The molecule has 33 valence electrons. The van der Waals surface area contributed by atoms with Gasteiger partial charge in [-0.1, -0.05) is 0 Å². The van der Waals surface area contributed by atoms with Gasteiger partial charge >= 0.3 is 41.7 Å². The molecule has 0 spiro atoms. The van der Waals surface area contributed by atoms with Crippen LogP contribution in [0.5, 0.6) is 0 Å². The smallest absolute Gasteiger partial charge is 2.00 e. The Kier molecular flexibility index (Phi) is 667. The Balaban J connectivity index is 0. The van der Waals surface area contributed by atoms with Gasteiger partial charge in [0, 0.05) is 0 Å². The Morgan fingerprint density at radius 1 is 1.00 bits per heavy atom. The molecule has 0 aliphatic heterocycles. The zero-order valence-electron chi connectivity index (χ0n) is 2.56. The first kappa shape index (κ1) is 76.0. The first-order valence-electron chi connectivity index (χ1n) is 0. The Hall–Kier alpha value is 1.69. The summed E-state index contributed by atoms with van der Waals surface area (Å²) in [5.41, 5.74) is 0. The summed E-state index contributed by atoms with van der Waals surface area (Å²) in [4.78, 5) is 0. The van der Waals surface area contributed by atoms with Crippen molar-refractivity contribution in [3.8, 4) is 0 Å². The molecular formula is H6CeO3P. The molecule has 0 aromatic heterocycles. The minimum Gasteiger partial charge on any atom is -2.00 e. The first-order valence-corrected chi connectivity index (χ1v) is 0. The van der Waals surface area contributed by atoms with Crippen molar-refractivity contribution in [2.75, 3.05) is 0 Å². The van der Waals surface area contributed by atoms with E-state index in [1.165, 1.54) is 0 Å². The molecule has 5 heteroatoms. The molecule has 1 atom stereocenters. The average Bonchev–Trinajstić information content (AvgIpc) is 0. The molecular weight excluding hydrogens is 219 g/mol. The molecule has 0 aliphatic rings.